The smallest absolute Gasteiger partial charge is 0.136 e. The lowest BCUT2D eigenvalue weighted by Gasteiger charge is -2.44. The van der Waals surface area contributed by atoms with E-state index in [0.717, 1.165) is 6.42 Å². The molecule has 0 heterocycles. The summed E-state index contributed by atoms with van der Waals surface area (Å²) >= 11 is 0. The molecule has 0 unspecified atom stereocenters. The summed E-state index contributed by atoms with van der Waals surface area (Å²) in [5, 5.41) is 0. The molecule has 0 aromatic heterocycles. The maximum atomic E-state index is 11.4. The van der Waals surface area contributed by atoms with E-state index in [0.29, 0.717) is 17.1 Å². The zero-order valence-corrected chi connectivity index (χ0v) is 10.2. The molecule has 0 amide bonds. The second kappa shape index (κ2) is 3.77. The molecule has 84 valence electrons. The Labute approximate surface area is 92.9 Å². The van der Waals surface area contributed by atoms with E-state index >= 15 is 0 Å². The number of rotatable bonds is 1. The van der Waals surface area contributed by atoms with Crippen LogP contribution in [-0.4, -0.2) is 5.78 Å². The first kappa shape index (κ1) is 10.9. The summed E-state index contributed by atoms with van der Waals surface area (Å²) in [6, 6.07) is 0. The van der Waals surface area contributed by atoms with Crippen molar-refractivity contribution in [3.63, 3.8) is 0 Å². The SMILES string of the molecule is CC(=O)[C@@H]1C=C2[C@H](C)CCC[C@@]2(C)CC1. The van der Waals surface area contributed by atoms with Gasteiger partial charge in [-0.25, -0.2) is 0 Å². The van der Waals surface area contributed by atoms with E-state index in [-0.39, 0.29) is 5.92 Å². The third-order valence-corrected chi connectivity index (χ3v) is 4.50. The van der Waals surface area contributed by atoms with Crippen molar-refractivity contribution in [3.8, 4) is 0 Å². The molecule has 2 rings (SSSR count). The third kappa shape index (κ3) is 1.89. The number of allylic oxidation sites excluding steroid dienone is 2. The minimum atomic E-state index is 0.216. The van der Waals surface area contributed by atoms with Crippen LogP contribution >= 0.6 is 0 Å². The topological polar surface area (TPSA) is 17.1 Å². The Hall–Kier alpha value is -0.590. The van der Waals surface area contributed by atoms with E-state index in [9.17, 15) is 4.79 Å². The van der Waals surface area contributed by atoms with Gasteiger partial charge in [0.2, 0.25) is 0 Å². The molecule has 0 saturated heterocycles. The molecule has 1 saturated carbocycles. The van der Waals surface area contributed by atoms with Crippen molar-refractivity contribution in [3.05, 3.63) is 11.6 Å². The maximum absolute atomic E-state index is 11.4. The number of hydrogen-bond acceptors (Lipinski definition) is 1. The molecule has 2 aliphatic rings. The summed E-state index contributed by atoms with van der Waals surface area (Å²) < 4.78 is 0. The standard InChI is InChI=1S/C14H22O/c1-10-5-4-7-14(3)8-6-12(11(2)15)9-13(10)14/h9-10,12H,4-8H2,1-3H3/t10-,12+,14+/m1/s1. The van der Waals surface area contributed by atoms with Crippen LogP contribution in [0.2, 0.25) is 0 Å². The molecule has 0 radical (unpaired) electrons. The predicted octanol–water partition coefficient (Wildman–Crippen LogP) is 3.74. The highest BCUT2D eigenvalue weighted by Gasteiger charge is 2.39. The molecule has 2 aliphatic carbocycles. The highest BCUT2D eigenvalue weighted by atomic mass is 16.1. The Morgan fingerprint density at radius 3 is 2.80 bits per heavy atom. The molecule has 0 N–H and O–H groups in total. The quantitative estimate of drug-likeness (QED) is 0.597. The summed E-state index contributed by atoms with van der Waals surface area (Å²) in [5.41, 5.74) is 2.00. The van der Waals surface area contributed by atoms with Gasteiger partial charge in [-0.1, -0.05) is 31.9 Å². The van der Waals surface area contributed by atoms with Crippen molar-refractivity contribution < 1.29 is 4.79 Å². The molecular weight excluding hydrogens is 184 g/mol. The minimum absolute atomic E-state index is 0.216. The minimum Gasteiger partial charge on any atom is -0.299 e. The summed E-state index contributed by atoms with van der Waals surface area (Å²) in [4.78, 5) is 11.4. The van der Waals surface area contributed by atoms with Crippen LogP contribution in [-0.2, 0) is 4.79 Å². The van der Waals surface area contributed by atoms with Crippen LogP contribution in [0, 0.1) is 17.3 Å². The van der Waals surface area contributed by atoms with Crippen LogP contribution in [0.1, 0.15) is 52.9 Å². The average Bonchev–Trinajstić information content (AvgIpc) is 2.17. The fourth-order valence-electron chi connectivity index (χ4n) is 3.42. The Bertz CT molecular complexity index is 302. The van der Waals surface area contributed by atoms with Gasteiger partial charge in [0, 0.05) is 5.92 Å². The van der Waals surface area contributed by atoms with E-state index < -0.39 is 0 Å². The van der Waals surface area contributed by atoms with Crippen LogP contribution in [0.4, 0.5) is 0 Å². The Morgan fingerprint density at radius 1 is 1.40 bits per heavy atom. The summed E-state index contributed by atoms with van der Waals surface area (Å²) in [6.07, 6.45) is 8.59. The molecule has 1 fully saturated rings. The molecule has 0 aromatic rings. The molecule has 1 heteroatoms. The highest BCUT2D eigenvalue weighted by Crippen LogP contribution is 2.50. The first-order valence-corrected chi connectivity index (χ1v) is 6.25. The summed E-state index contributed by atoms with van der Waals surface area (Å²) in [5.74, 6) is 1.27. The summed E-state index contributed by atoms with van der Waals surface area (Å²) in [6.45, 7) is 6.45. The fourth-order valence-corrected chi connectivity index (χ4v) is 3.42. The van der Waals surface area contributed by atoms with Gasteiger partial charge in [-0.2, -0.15) is 0 Å². The lowest BCUT2D eigenvalue weighted by Crippen LogP contribution is -2.33. The molecule has 1 nitrogen and oxygen atoms in total. The van der Waals surface area contributed by atoms with Crippen LogP contribution < -0.4 is 0 Å². The van der Waals surface area contributed by atoms with Gasteiger partial charge >= 0.3 is 0 Å². The predicted molar refractivity (Wildman–Crippen MR) is 62.6 cm³/mol. The number of carbonyl (C=O) groups excluding carboxylic acids is 1. The monoisotopic (exact) mass is 206 g/mol. The second-order valence-electron chi connectivity index (χ2n) is 5.73. The zero-order chi connectivity index (χ0) is 11.1. The summed E-state index contributed by atoms with van der Waals surface area (Å²) in [7, 11) is 0. The molecule has 0 spiro atoms. The highest BCUT2D eigenvalue weighted by molar-refractivity contribution is 5.80. The maximum Gasteiger partial charge on any atom is 0.136 e. The first-order chi connectivity index (χ1) is 7.03. The molecule has 0 bridgehead atoms. The van der Waals surface area contributed by atoms with E-state index in [1.54, 1.807) is 12.5 Å². The number of carbonyl (C=O) groups is 1. The van der Waals surface area contributed by atoms with Crippen molar-refractivity contribution >= 4 is 5.78 Å². The number of hydrogen-bond donors (Lipinski definition) is 0. The van der Waals surface area contributed by atoms with Crippen LogP contribution in [0.15, 0.2) is 11.6 Å². The fraction of sp³-hybridized carbons (Fsp3) is 0.786. The van der Waals surface area contributed by atoms with Crippen LogP contribution in [0.25, 0.3) is 0 Å². The molecule has 3 atom stereocenters. The van der Waals surface area contributed by atoms with Crippen molar-refractivity contribution in [2.75, 3.05) is 0 Å². The number of ketones is 1. The largest absolute Gasteiger partial charge is 0.299 e. The van der Waals surface area contributed by atoms with Gasteiger partial charge in [0.05, 0.1) is 0 Å². The third-order valence-electron chi connectivity index (χ3n) is 4.50. The van der Waals surface area contributed by atoms with Crippen molar-refractivity contribution in [2.45, 2.75) is 52.9 Å². The van der Waals surface area contributed by atoms with Gasteiger partial charge < -0.3 is 0 Å². The van der Waals surface area contributed by atoms with E-state index in [2.05, 4.69) is 19.9 Å². The Kier molecular flexibility index (Phi) is 2.74. The lowest BCUT2D eigenvalue weighted by atomic mass is 9.61. The van der Waals surface area contributed by atoms with Crippen LogP contribution in [0.5, 0.6) is 0 Å². The van der Waals surface area contributed by atoms with E-state index in [1.165, 1.54) is 25.7 Å². The molecular formula is C14H22O. The zero-order valence-electron chi connectivity index (χ0n) is 10.2. The van der Waals surface area contributed by atoms with E-state index in [1.807, 2.05) is 0 Å². The number of fused-ring (bicyclic) bond motifs is 1. The Morgan fingerprint density at radius 2 is 2.13 bits per heavy atom. The first-order valence-electron chi connectivity index (χ1n) is 6.25. The van der Waals surface area contributed by atoms with Gasteiger partial charge in [-0.15, -0.1) is 0 Å². The lowest BCUT2D eigenvalue weighted by molar-refractivity contribution is -0.120. The molecule has 15 heavy (non-hydrogen) atoms. The average molecular weight is 206 g/mol. The van der Waals surface area contributed by atoms with Gasteiger partial charge in [0.1, 0.15) is 5.78 Å². The van der Waals surface area contributed by atoms with Crippen molar-refractivity contribution in [1.29, 1.82) is 0 Å². The molecule has 0 aromatic carbocycles. The van der Waals surface area contributed by atoms with Gasteiger partial charge in [0.15, 0.2) is 0 Å². The number of Topliss-reactive ketones (excluding diaryl/α,β-unsaturated/α-hetero) is 1. The van der Waals surface area contributed by atoms with Gasteiger partial charge in [-0.05, 0) is 43.9 Å². The van der Waals surface area contributed by atoms with Gasteiger partial charge in [0.25, 0.3) is 0 Å². The van der Waals surface area contributed by atoms with Crippen molar-refractivity contribution in [1.82, 2.24) is 0 Å². The second-order valence-corrected chi connectivity index (χ2v) is 5.73. The molecule has 0 aliphatic heterocycles. The van der Waals surface area contributed by atoms with Crippen LogP contribution in [0.3, 0.4) is 0 Å². The van der Waals surface area contributed by atoms with Crippen molar-refractivity contribution in [2.24, 2.45) is 17.3 Å². The van der Waals surface area contributed by atoms with E-state index in [4.69, 9.17) is 0 Å². The van der Waals surface area contributed by atoms with Gasteiger partial charge in [-0.3, -0.25) is 4.79 Å². The normalized spacial score (nSPS) is 40.6. The Balaban J connectivity index is 2.29.